The van der Waals surface area contributed by atoms with Gasteiger partial charge < -0.3 is 14.7 Å². The number of hydrogen-bond donors (Lipinski definition) is 2. The minimum absolute atomic E-state index is 0.0847. The van der Waals surface area contributed by atoms with E-state index in [-0.39, 0.29) is 11.9 Å². The Morgan fingerprint density at radius 3 is 3.16 bits per heavy atom. The summed E-state index contributed by atoms with van der Waals surface area (Å²) in [6.45, 7) is 3.52. The van der Waals surface area contributed by atoms with E-state index < -0.39 is 0 Å². The van der Waals surface area contributed by atoms with Crippen LogP contribution in [0.5, 0.6) is 0 Å². The van der Waals surface area contributed by atoms with Crippen molar-refractivity contribution in [3.05, 3.63) is 55.3 Å². The van der Waals surface area contributed by atoms with E-state index in [9.17, 15) is 4.79 Å². The van der Waals surface area contributed by atoms with Crippen molar-refractivity contribution in [2.75, 3.05) is 0 Å². The molecule has 2 N–H and O–H groups in total. The van der Waals surface area contributed by atoms with Crippen LogP contribution in [0.15, 0.2) is 54.1 Å². The highest BCUT2D eigenvalue weighted by Crippen LogP contribution is 2.35. The first-order chi connectivity index (χ1) is 12.3. The summed E-state index contributed by atoms with van der Waals surface area (Å²) < 4.78 is 5.55. The molecule has 1 amide bonds. The Bertz CT molecular complexity index is 953. The molecule has 1 atom stereocenters. The minimum Gasteiger partial charge on any atom is -0.464 e. The third-order valence-corrected chi connectivity index (χ3v) is 4.46. The zero-order valence-corrected chi connectivity index (χ0v) is 13.7. The molecule has 0 radical (unpaired) electrons. The number of fused-ring (bicyclic) bond motifs is 1. The van der Waals surface area contributed by atoms with E-state index in [1.165, 1.54) is 6.08 Å². The molecule has 1 unspecified atom stereocenters. The first-order valence-electron chi connectivity index (χ1n) is 8.24. The first kappa shape index (κ1) is 15.4. The smallest absolute Gasteiger partial charge is 0.243 e. The first-order valence-corrected chi connectivity index (χ1v) is 8.24. The minimum atomic E-state index is -0.142. The van der Waals surface area contributed by atoms with Crippen molar-refractivity contribution in [3.63, 3.8) is 0 Å². The number of furan rings is 1. The lowest BCUT2D eigenvalue weighted by molar-refractivity contribution is -0.117. The van der Waals surface area contributed by atoms with E-state index in [1.807, 2.05) is 18.3 Å². The molecule has 6 nitrogen and oxygen atoms in total. The maximum absolute atomic E-state index is 11.6. The number of rotatable bonds is 4. The lowest BCUT2D eigenvalue weighted by atomic mass is 9.91. The zero-order chi connectivity index (χ0) is 17.2. The molecule has 0 saturated heterocycles. The second kappa shape index (κ2) is 6.39. The molecule has 3 aromatic rings. The van der Waals surface area contributed by atoms with Crippen molar-refractivity contribution < 1.29 is 9.21 Å². The Kier molecular flexibility index (Phi) is 3.93. The fraction of sp³-hybridized carbons (Fsp3) is 0.211. The molecule has 0 saturated carbocycles. The molecule has 25 heavy (non-hydrogen) atoms. The summed E-state index contributed by atoms with van der Waals surface area (Å²) >= 11 is 0. The van der Waals surface area contributed by atoms with Crippen molar-refractivity contribution in [3.8, 4) is 11.3 Å². The van der Waals surface area contributed by atoms with Gasteiger partial charge in [-0.1, -0.05) is 12.7 Å². The standard InChI is InChI=1S/C19H18N4O2/c1-2-16(24)23-13-6-3-5-12(9-13)18-17-14(15-7-4-8-25-15)10-20-19(17)22-11-21-18/h2,4-5,7-8,10-11,13H,1,3,6,9H2,(H,23,24)(H,20,21,22). The maximum Gasteiger partial charge on any atom is 0.243 e. The van der Waals surface area contributed by atoms with Crippen LogP contribution in [0.4, 0.5) is 0 Å². The van der Waals surface area contributed by atoms with E-state index in [0.29, 0.717) is 0 Å². The normalized spacial score (nSPS) is 17.3. The predicted molar refractivity (Wildman–Crippen MR) is 95.5 cm³/mol. The van der Waals surface area contributed by atoms with Crippen LogP contribution in [0.3, 0.4) is 0 Å². The van der Waals surface area contributed by atoms with Crippen LogP contribution in [0.1, 0.15) is 25.0 Å². The Balaban J connectivity index is 1.74. The van der Waals surface area contributed by atoms with E-state index in [0.717, 1.165) is 52.9 Å². The predicted octanol–water partition coefficient (Wildman–Crippen LogP) is 3.46. The second-order valence-corrected chi connectivity index (χ2v) is 6.05. The van der Waals surface area contributed by atoms with E-state index in [1.54, 1.807) is 12.6 Å². The molecule has 3 heterocycles. The van der Waals surface area contributed by atoms with Gasteiger partial charge >= 0.3 is 0 Å². The highest BCUT2D eigenvalue weighted by atomic mass is 16.3. The number of nitrogens with zero attached hydrogens (tertiary/aromatic N) is 2. The summed E-state index contributed by atoms with van der Waals surface area (Å²) in [7, 11) is 0. The van der Waals surface area contributed by atoms with Crippen LogP contribution in [-0.4, -0.2) is 26.9 Å². The van der Waals surface area contributed by atoms with Gasteiger partial charge in [-0.15, -0.1) is 0 Å². The molecule has 126 valence electrons. The molecular weight excluding hydrogens is 316 g/mol. The van der Waals surface area contributed by atoms with Gasteiger partial charge in [-0.2, -0.15) is 0 Å². The number of H-pyrrole nitrogens is 1. The summed E-state index contributed by atoms with van der Waals surface area (Å²) in [5.41, 5.74) is 3.71. The molecule has 0 spiro atoms. The van der Waals surface area contributed by atoms with Crippen LogP contribution < -0.4 is 5.32 Å². The zero-order valence-electron chi connectivity index (χ0n) is 13.7. The third kappa shape index (κ3) is 2.87. The average molecular weight is 334 g/mol. The van der Waals surface area contributed by atoms with Gasteiger partial charge in [0.2, 0.25) is 5.91 Å². The Labute approximate surface area is 144 Å². The molecule has 0 aliphatic heterocycles. The van der Waals surface area contributed by atoms with Gasteiger partial charge in [-0.05, 0) is 43.0 Å². The van der Waals surface area contributed by atoms with Gasteiger partial charge in [0, 0.05) is 17.8 Å². The fourth-order valence-corrected chi connectivity index (χ4v) is 3.32. The van der Waals surface area contributed by atoms with Gasteiger partial charge in [0.15, 0.2) is 0 Å². The number of nitrogens with one attached hydrogen (secondary N) is 2. The fourth-order valence-electron chi connectivity index (χ4n) is 3.32. The van der Waals surface area contributed by atoms with Crippen molar-refractivity contribution in [2.24, 2.45) is 0 Å². The van der Waals surface area contributed by atoms with E-state index in [4.69, 9.17) is 4.42 Å². The van der Waals surface area contributed by atoms with Gasteiger partial charge in [0.25, 0.3) is 0 Å². The maximum atomic E-state index is 11.6. The average Bonchev–Trinajstić information content (AvgIpc) is 3.30. The number of carbonyl (C=O) groups excluding carboxylic acids is 1. The number of carbonyl (C=O) groups is 1. The molecular formula is C19H18N4O2. The van der Waals surface area contributed by atoms with Crippen molar-refractivity contribution in [1.29, 1.82) is 0 Å². The Hall–Kier alpha value is -3.15. The van der Waals surface area contributed by atoms with Gasteiger partial charge in [0.1, 0.15) is 17.7 Å². The summed E-state index contributed by atoms with van der Waals surface area (Å²) in [6, 6.07) is 3.86. The van der Waals surface area contributed by atoms with Gasteiger partial charge in [0.05, 0.1) is 17.3 Å². The molecule has 0 fully saturated rings. The van der Waals surface area contributed by atoms with Crippen LogP contribution in [0, 0.1) is 0 Å². The molecule has 1 aliphatic rings. The number of allylic oxidation sites excluding steroid dienone is 1. The molecule has 3 aromatic heterocycles. The van der Waals surface area contributed by atoms with Crippen LogP contribution in [-0.2, 0) is 4.79 Å². The highest BCUT2D eigenvalue weighted by molar-refractivity contribution is 5.99. The molecule has 4 rings (SSSR count). The topological polar surface area (TPSA) is 83.8 Å². The molecule has 0 bridgehead atoms. The lowest BCUT2D eigenvalue weighted by Crippen LogP contribution is -2.34. The second-order valence-electron chi connectivity index (χ2n) is 6.05. The van der Waals surface area contributed by atoms with Crippen molar-refractivity contribution >= 4 is 22.5 Å². The van der Waals surface area contributed by atoms with Crippen LogP contribution in [0.2, 0.25) is 0 Å². The number of aromatic amines is 1. The van der Waals surface area contributed by atoms with E-state index in [2.05, 4.69) is 32.9 Å². The Morgan fingerprint density at radius 1 is 1.44 bits per heavy atom. The van der Waals surface area contributed by atoms with Crippen LogP contribution in [0.25, 0.3) is 27.9 Å². The number of aromatic nitrogens is 3. The monoisotopic (exact) mass is 334 g/mol. The Morgan fingerprint density at radius 2 is 2.36 bits per heavy atom. The SMILES string of the molecule is C=CC(=O)NC1CCC=C(c2ncnc3[nH]cc(-c4ccco4)c23)C1. The van der Waals surface area contributed by atoms with E-state index >= 15 is 0 Å². The van der Waals surface area contributed by atoms with Gasteiger partial charge in [-0.3, -0.25) is 4.79 Å². The summed E-state index contributed by atoms with van der Waals surface area (Å²) in [4.78, 5) is 23.7. The summed E-state index contributed by atoms with van der Waals surface area (Å²) in [5, 5.41) is 3.93. The number of amides is 1. The quantitative estimate of drug-likeness (QED) is 0.716. The van der Waals surface area contributed by atoms with Crippen molar-refractivity contribution in [1.82, 2.24) is 20.3 Å². The molecule has 6 heteroatoms. The third-order valence-electron chi connectivity index (χ3n) is 4.46. The van der Waals surface area contributed by atoms with Gasteiger partial charge in [-0.25, -0.2) is 9.97 Å². The van der Waals surface area contributed by atoms with Crippen molar-refractivity contribution in [2.45, 2.75) is 25.3 Å². The lowest BCUT2D eigenvalue weighted by Gasteiger charge is -2.23. The molecule has 0 aromatic carbocycles. The molecule has 1 aliphatic carbocycles. The highest BCUT2D eigenvalue weighted by Gasteiger charge is 2.22. The summed E-state index contributed by atoms with van der Waals surface area (Å²) in [6.07, 6.45) is 11.1. The summed E-state index contributed by atoms with van der Waals surface area (Å²) in [5.74, 6) is 0.632. The van der Waals surface area contributed by atoms with Crippen LogP contribution >= 0.6 is 0 Å². The largest absolute Gasteiger partial charge is 0.464 e. The number of hydrogen-bond acceptors (Lipinski definition) is 4.